The molecule has 2 heterocycles. The molecule has 1 atom stereocenters. The van der Waals surface area contributed by atoms with E-state index >= 15 is 0 Å². The number of hydrogen-bond acceptors (Lipinski definition) is 2. The van der Waals surface area contributed by atoms with E-state index in [-0.39, 0.29) is 11.4 Å². The van der Waals surface area contributed by atoms with Crippen molar-refractivity contribution in [2.75, 3.05) is 6.54 Å². The van der Waals surface area contributed by atoms with Crippen LogP contribution in [0.15, 0.2) is 18.2 Å². The minimum atomic E-state index is -0.220. The van der Waals surface area contributed by atoms with Gasteiger partial charge in [0.25, 0.3) is 0 Å². The van der Waals surface area contributed by atoms with Crippen molar-refractivity contribution in [2.24, 2.45) is 0 Å². The number of nitrogens with zero attached hydrogens (tertiary/aromatic N) is 2. The van der Waals surface area contributed by atoms with Gasteiger partial charge in [0.05, 0.1) is 16.6 Å². The van der Waals surface area contributed by atoms with E-state index in [1.165, 1.54) is 18.6 Å². The maximum Gasteiger partial charge on any atom is 0.130 e. The van der Waals surface area contributed by atoms with Crippen LogP contribution in [0.2, 0.25) is 0 Å². The highest BCUT2D eigenvalue weighted by Crippen LogP contribution is 2.36. The average molecular weight is 275 g/mol. The van der Waals surface area contributed by atoms with Crippen LogP contribution in [0, 0.1) is 5.82 Å². The second-order valence-electron chi connectivity index (χ2n) is 6.00. The number of hydrogen-bond donors (Lipinski definition) is 1. The molecule has 108 valence electrons. The van der Waals surface area contributed by atoms with Crippen LogP contribution in [-0.2, 0) is 5.54 Å². The molecule has 1 unspecified atom stereocenters. The Labute approximate surface area is 119 Å². The molecule has 0 radical (unpaired) electrons. The van der Waals surface area contributed by atoms with Gasteiger partial charge in [-0.15, -0.1) is 0 Å². The largest absolute Gasteiger partial charge is 0.324 e. The minimum absolute atomic E-state index is 0.0558. The number of rotatable bonds is 3. The Morgan fingerprint density at radius 3 is 2.85 bits per heavy atom. The summed E-state index contributed by atoms with van der Waals surface area (Å²) in [5, 5.41) is 3.63. The van der Waals surface area contributed by atoms with Crippen molar-refractivity contribution in [2.45, 2.75) is 51.6 Å². The lowest BCUT2D eigenvalue weighted by Crippen LogP contribution is -2.39. The predicted molar refractivity (Wildman–Crippen MR) is 79.3 cm³/mol. The fourth-order valence-corrected chi connectivity index (χ4v) is 3.39. The Balaban J connectivity index is 2.26. The Hall–Kier alpha value is -1.42. The van der Waals surface area contributed by atoms with Gasteiger partial charge in [-0.1, -0.05) is 6.92 Å². The van der Waals surface area contributed by atoms with Crippen LogP contribution in [-0.4, -0.2) is 16.1 Å². The number of imidazole rings is 1. The first-order valence-electron chi connectivity index (χ1n) is 7.50. The van der Waals surface area contributed by atoms with E-state index in [1.807, 2.05) is 6.07 Å². The van der Waals surface area contributed by atoms with Gasteiger partial charge in [0, 0.05) is 12.1 Å². The van der Waals surface area contributed by atoms with Gasteiger partial charge < -0.3 is 9.88 Å². The molecule has 1 aliphatic rings. The molecular formula is C16H22FN3. The highest BCUT2D eigenvalue weighted by molar-refractivity contribution is 5.76. The smallest absolute Gasteiger partial charge is 0.130 e. The van der Waals surface area contributed by atoms with Crippen molar-refractivity contribution < 1.29 is 4.39 Å². The molecule has 3 nitrogen and oxygen atoms in total. The number of halogens is 1. The zero-order valence-corrected chi connectivity index (χ0v) is 12.4. The van der Waals surface area contributed by atoms with Crippen LogP contribution in [0.4, 0.5) is 4.39 Å². The summed E-state index contributed by atoms with van der Waals surface area (Å²) >= 11 is 0. The molecule has 20 heavy (non-hydrogen) atoms. The van der Waals surface area contributed by atoms with Gasteiger partial charge in [-0.2, -0.15) is 0 Å². The first-order chi connectivity index (χ1) is 9.57. The zero-order valence-electron chi connectivity index (χ0n) is 12.4. The van der Waals surface area contributed by atoms with Gasteiger partial charge in [-0.3, -0.25) is 0 Å². The van der Waals surface area contributed by atoms with Crippen LogP contribution in [0.25, 0.3) is 11.0 Å². The third-order valence-electron chi connectivity index (χ3n) is 4.44. The molecule has 3 rings (SSSR count). The number of fused-ring (bicyclic) bond motifs is 1. The summed E-state index contributed by atoms with van der Waals surface area (Å²) in [5.41, 5.74) is 1.73. The average Bonchev–Trinajstić information content (AvgIpc) is 3.02. The summed E-state index contributed by atoms with van der Waals surface area (Å²) in [7, 11) is 0. The quantitative estimate of drug-likeness (QED) is 0.924. The molecule has 1 saturated heterocycles. The Kier molecular flexibility index (Phi) is 3.28. The van der Waals surface area contributed by atoms with Gasteiger partial charge in [-0.05, 0) is 51.8 Å². The first-order valence-corrected chi connectivity index (χ1v) is 7.50. The molecule has 0 spiro atoms. The Morgan fingerprint density at radius 1 is 1.45 bits per heavy atom. The van der Waals surface area contributed by atoms with E-state index in [4.69, 9.17) is 4.98 Å². The second-order valence-corrected chi connectivity index (χ2v) is 6.00. The molecule has 0 bridgehead atoms. The van der Waals surface area contributed by atoms with Crippen LogP contribution in [0.1, 0.15) is 51.9 Å². The van der Waals surface area contributed by atoms with Crippen molar-refractivity contribution in [3.05, 3.63) is 29.8 Å². The molecule has 0 saturated carbocycles. The fourth-order valence-electron chi connectivity index (χ4n) is 3.39. The van der Waals surface area contributed by atoms with E-state index in [1.54, 1.807) is 0 Å². The molecule has 4 heteroatoms. The number of nitrogens with one attached hydrogen (secondary N) is 1. The molecule has 0 amide bonds. The summed E-state index contributed by atoms with van der Waals surface area (Å²) in [4.78, 5) is 4.78. The third kappa shape index (κ3) is 1.94. The summed E-state index contributed by atoms with van der Waals surface area (Å²) in [6.07, 6.45) is 3.27. The monoisotopic (exact) mass is 275 g/mol. The van der Waals surface area contributed by atoms with Crippen molar-refractivity contribution in [3.8, 4) is 0 Å². The standard InChI is InChI=1S/C16H22FN3/c1-4-16(8-5-9-18-16)15-19-13-10-12(17)6-7-14(13)20(15)11(2)3/h6-7,10-11,18H,4-5,8-9H2,1-3H3. The fraction of sp³-hybridized carbons (Fsp3) is 0.562. The van der Waals surface area contributed by atoms with Crippen LogP contribution in [0.3, 0.4) is 0 Å². The first kappa shape index (κ1) is 13.6. The normalized spacial score (nSPS) is 23.1. The minimum Gasteiger partial charge on any atom is -0.324 e. The lowest BCUT2D eigenvalue weighted by Gasteiger charge is -2.29. The molecule has 2 aromatic rings. The molecular weight excluding hydrogens is 253 g/mol. The van der Waals surface area contributed by atoms with E-state index in [9.17, 15) is 4.39 Å². The highest BCUT2D eigenvalue weighted by atomic mass is 19.1. The van der Waals surface area contributed by atoms with Crippen LogP contribution in [0.5, 0.6) is 0 Å². The van der Waals surface area contributed by atoms with Crippen molar-refractivity contribution in [3.63, 3.8) is 0 Å². The third-order valence-corrected chi connectivity index (χ3v) is 4.44. The van der Waals surface area contributed by atoms with Gasteiger partial charge in [0.1, 0.15) is 11.6 Å². The molecule has 1 aliphatic heterocycles. The van der Waals surface area contributed by atoms with Crippen molar-refractivity contribution >= 4 is 11.0 Å². The maximum atomic E-state index is 13.5. The molecule has 1 aromatic heterocycles. The SMILES string of the molecule is CCC1(c2nc3cc(F)ccc3n2C(C)C)CCCN1. The summed E-state index contributed by atoms with van der Waals surface area (Å²) in [5.74, 6) is 0.843. The van der Waals surface area contributed by atoms with Gasteiger partial charge in [0.15, 0.2) is 0 Å². The number of benzene rings is 1. The van der Waals surface area contributed by atoms with Gasteiger partial charge >= 0.3 is 0 Å². The predicted octanol–water partition coefficient (Wildman–Crippen LogP) is 3.75. The number of aromatic nitrogens is 2. The Bertz CT molecular complexity index is 624. The highest BCUT2D eigenvalue weighted by Gasteiger charge is 2.38. The molecule has 1 N–H and O–H groups in total. The van der Waals surface area contributed by atoms with Crippen molar-refractivity contribution in [1.82, 2.24) is 14.9 Å². The second kappa shape index (κ2) is 4.85. The van der Waals surface area contributed by atoms with E-state index in [2.05, 4.69) is 30.7 Å². The van der Waals surface area contributed by atoms with Gasteiger partial charge in [0.2, 0.25) is 0 Å². The summed E-state index contributed by atoms with van der Waals surface area (Å²) in [6.45, 7) is 7.55. The molecule has 1 aromatic carbocycles. The van der Waals surface area contributed by atoms with E-state index in [0.717, 1.165) is 36.2 Å². The van der Waals surface area contributed by atoms with E-state index < -0.39 is 0 Å². The lowest BCUT2D eigenvalue weighted by atomic mass is 9.93. The zero-order chi connectivity index (χ0) is 14.3. The maximum absolute atomic E-state index is 13.5. The van der Waals surface area contributed by atoms with E-state index in [0.29, 0.717) is 6.04 Å². The molecule has 1 fully saturated rings. The van der Waals surface area contributed by atoms with Gasteiger partial charge in [-0.25, -0.2) is 9.37 Å². The van der Waals surface area contributed by atoms with Crippen molar-refractivity contribution in [1.29, 1.82) is 0 Å². The summed E-state index contributed by atoms with van der Waals surface area (Å²) in [6, 6.07) is 5.22. The van der Waals surface area contributed by atoms with Crippen LogP contribution < -0.4 is 5.32 Å². The lowest BCUT2D eigenvalue weighted by molar-refractivity contribution is 0.332. The summed E-state index contributed by atoms with van der Waals surface area (Å²) < 4.78 is 15.7. The van der Waals surface area contributed by atoms with Crippen LogP contribution >= 0.6 is 0 Å². The topological polar surface area (TPSA) is 29.9 Å². The Morgan fingerprint density at radius 2 is 2.25 bits per heavy atom. The molecule has 0 aliphatic carbocycles.